The Morgan fingerprint density at radius 1 is 1.33 bits per heavy atom. The van der Waals surface area contributed by atoms with Crippen LogP contribution in [0.4, 0.5) is 4.39 Å². The third-order valence-electron chi connectivity index (χ3n) is 0.731. The van der Waals surface area contributed by atoms with Gasteiger partial charge < -0.3 is 11.5 Å². The third-order valence-corrected chi connectivity index (χ3v) is 0.731. The van der Waals surface area contributed by atoms with E-state index in [0.717, 1.165) is 0 Å². The molecule has 0 bridgehead atoms. The van der Waals surface area contributed by atoms with Gasteiger partial charge >= 0.3 is 0 Å². The van der Waals surface area contributed by atoms with E-state index in [9.17, 15) is 4.39 Å². The van der Waals surface area contributed by atoms with Crippen molar-refractivity contribution in [3.8, 4) is 0 Å². The number of hydrogen-bond donors (Lipinski definition) is 2. The maximum absolute atomic E-state index is 12.4. The van der Waals surface area contributed by atoms with E-state index in [-0.39, 0.29) is 5.70 Å². The fourth-order valence-electron chi connectivity index (χ4n) is 0.314. The molecule has 4 N–H and O–H groups in total. The monoisotopic (exact) mass is 130 g/mol. The highest BCUT2D eigenvalue weighted by molar-refractivity contribution is 5.18. The van der Waals surface area contributed by atoms with E-state index in [2.05, 4.69) is 0 Å². The lowest BCUT2D eigenvalue weighted by atomic mass is 10.3. The van der Waals surface area contributed by atoms with Crippen molar-refractivity contribution in [2.45, 2.75) is 13.8 Å². The average molecular weight is 130 g/mol. The number of nitrogens with two attached hydrogens (primary N) is 2. The van der Waals surface area contributed by atoms with Gasteiger partial charge in [0.05, 0.1) is 0 Å². The average Bonchev–Trinajstić information content (AvgIpc) is 1.63. The third kappa shape index (κ3) is 3.58. The van der Waals surface area contributed by atoms with Gasteiger partial charge in [-0.1, -0.05) is 0 Å². The van der Waals surface area contributed by atoms with E-state index in [1.807, 2.05) is 0 Å². The standard InChI is InChI=1S/C6H11FN2/c1-4(8)3-6(7)5(2)9/h3H,8-9H2,1-2H3/b4-3-,6-5+. The van der Waals surface area contributed by atoms with Crippen LogP contribution >= 0.6 is 0 Å². The Kier molecular flexibility index (Phi) is 2.78. The van der Waals surface area contributed by atoms with Crippen molar-refractivity contribution in [1.82, 2.24) is 0 Å². The maximum atomic E-state index is 12.4. The van der Waals surface area contributed by atoms with Gasteiger partial charge in [-0.25, -0.2) is 4.39 Å². The Hall–Kier alpha value is -0.990. The highest BCUT2D eigenvalue weighted by Crippen LogP contribution is 2.02. The van der Waals surface area contributed by atoms with Gasteiger partial charge in [0.1, 0.15) is 5.83 Å². The van der Waals surface area contributed by atoms with Crippen molar-refractivity contribution in [1.29, 1.82) is 0 Å². The minimum Gasteiger partial charge on any atom is -0.402 e. The summed E-state index contributed by atoms with van der Waals surface area (Å²) in [5, 5.41) is 0. The lowest BCUT2D eigenvalue weighted by molar-refractivity contribution is 0.650. The Balaban J connectivity index is 4.25. The quantitative estimate of drug-likeness (QED) is 0.520. The molecule has 0 atom stereocenters. The largest absolute Gasteiger partial charge is 0.402 e. The van der Waals surface area contributed by atoms with Crippen LogP contribution in [-0.4, -0.2) is 0 Å². The molecule has 0 aliphatic heterocycles. The molecule has 2 nitrogen and oxygen atoms in total. The molecular formula is C6H11FN2. The Bertz CT molecular complexity index is 150. The minimum atomic E-state index is -0.463. The zero-order valence-electron chi connectivity index (χ0n) is 5.61. The Morgan fingerprint density at radius 2 is 1.78 bits per heavy atom. The Labute approximate surface area is 54.0 Å². The van der Waals surface area contributed by atoms with E-state index in [1.165, 1.54) is 13.0 Å². The lowest BCUT2D eigenvalue weighted by Crippen LogP contribution is -1.96. The van der Waals surface area contributed by atoms with Crippen molar-refractivity contribution < 1.29 is 4.39 Å². The molecule has 9 heavy (non-hydrogen) atoms. The molecule has 0 aliphatic carbocycles. The minimum absolute atomic E-state index is 0.153. The van der Waals surface area contributed by atoms with Crippen LogP contribution < -0.4 is 11.5 Å². The van der Waals surface area contributed by atoms with Crippen LogP contribution in [0.15, 0.2) is 23.3 Å². The molecule has 3 heteroatoms. The van der Waals surface area contributed by atoms with Crippen LogP contribution in [0.25, 0.3) is 0 Å². The van der Waals surface area contributed by atoms with Gasteiger partial charge in [-0.2, -0.15) is 0 Å². The van der Waals surface area contributed by atoms with Crippen LogP contribution in [0.3, 0.4) is 0 Å². The van der Waals surface area contributed by atoms with Gasteiger partial charge in [-0.15, -0.1) is 0 Å². The van der Waals surface area contributed by atoms with Gasteiger partial charge in [-0.3, -0.25) is 0 Å². The first-order valence-electron chi connectivity index (χ1n) is 2.59. The van der Waals surface area contributed by atoms with E-state index >= 15 is 0 Å². The molecule has 0 aromatic rings. The fraction of sp³-hybridized carbons (Fsp3) is 0.333. The first kappa shape index (κ1) is 8.01. The summed E-state index contributed by atoms with van der Waals surface area (Å²) < 4.78 is 12.4. The lowest BCUT2D eigenvalue weighted by Gasteiger charge is -1.91. The number of hydrogen-bond acceptors (Lipinski definition) is 2. The van der Waals surface area contributed by atoms with Crippen LogP contribution in [0.1, 0.15) is 13.8 Å². The molecule has 0 saturated carbocycles. The van der Waals surface area contributed by atoms with Crippen molar-refractivity contribution in [2.75, 3.05) is 0 Å². The summed E-state index contributed by atoms with van der Waals surface area (Å²) in [5.74, 6) is -0.463. The predicted octanol–water partition coefficient (Wildman–Crippen LogP) is 1.01. The van der Waals surface area contributed by atoms with Gasteiger partial charge in [0.2, 0.25) is 0 Å². The molecule has 0 unspecified atom stereocenters. The second kappa shape index (κ2) is 3.12. The molecule has 0 rings (SSSR count). The van der Waals surface area contributed by atoms with Crippen LogP contribution in [0.5, 0.6) is 0 Å². The number of allylic oxidation sites excluding steroid dienone is 4. The molecule has 0 saturated heterocycles. The van der Waals surface area contributed by atoms with Crippen LogP contribution in [0.2, 0.25) is 0 Å². The van der Waals surface area contributed by atoms with Crippen molar-refractivity contribution in [2.24, 2.45) is 11.5 Å². The second-order valence-electron chi connectivity index (χ2n) is 1.92. The van der Waals surface area contributed by atoms with Gasteiger partial charge in [-0.05, 0) is 19.9 Å². The van der Waals surface area contributed by atoms with Crippen molar-refractivity contribution >= 4 is 0 Å². The van der Waals surface area contributed by atoms with E-state index < -0.39 is 5.83 Å². The smallest absolute Gasteiger partial charge is 0.143 e. The second-order valence-corrected chi connectivity index (χ2v) is 1.92. The number of rotatable bonds is 1. The zero-order chi connectivity index (χ0) is 7.44. The molecule has 0 amide bonds. The van der Waals surface area contributed by atoms with Crippen molar-refractivity contribution in [3.05, 3.63) is 23.3 Å². The normalized spacial score (nSPS) is 15.2. The summed E-state index contributed by atoms with van der Waals surface area (Å²) in [6.07, 6.45) is 1.19. The molecule has 0 spiro atoms. The van der Waals surface area contributed by atoms with Gasteiger partial charge in [0.25, 0.3) is 0 Å². The summed E-state index contributed by atoms with van der Waals surface area (Å²) in [6.45, 7) is 3.08. The highest BCUT2D eigenvalue weighted by atomic mass is 19.1. The molecule has 0 radical (unpaired) electrons. The maximum Gasteiger partial charge on any atom is 0.143 e. The molecular weight excluding hydrogens is 119 g/mol. The molecule has 0 aromatic heterocycles. The fourth-order valence-corrected chi connectivity index (χ4v) is 0.314. The topological polar surface area (TPSA) is 52.0 Å². The van der Waals surface area contributed by atoms with Crippen molar-refractivity contribution in [3.63, 3.8) is 0 Å². The highest BCUT2D eigenvalue weighted by Gasteiger charge is 1.90. The molecule has 0 heterocycles. The SMILES string of the molecule is C/C(N)=C/C(F)=C(/C)N. The molecule has 0 fully saturated rings. The first-order chi connectivity index (χ1) is 4.04. The van der Waals surface area contributed by atoms with Crippen LogP contribution in [0, 0.1) is 0 Å². The molecule has 0 aliphatic rings. The summed E-state index contributed by atoms with van der Waals surface area (Å²) in [4.78, 5) is 0. The summed E-state index contributed by atoms with van der Waals surface area (Å²) in [5.41, 5.74) is 10.8. The molecule has 52 valence electrons. The van der Waals surface area contributed by atoms with Gasteiger partial charge in [0, 0.05) is 11.4 Å². The summed E-state index contributed by atoms with van der Waals surface area (Å²) in [7, 11) is 0. The van der Waals surface area contributed by atoms with E-state index in [0.29, 0.717) is 5.70 Å². The van der Waals surface area contributed by atoms with Crippen LogP contribution in [-0.2, 0) is 0 Å². The van der Waals surface area contributed by atoms with E-state index in [4.69, 9.17) is 11.5 Å². The Morgan fingerprint density at radius 3 is 1.89 bits per heavy atom. The summed E-state index contributed by atoms with van der Waals surface area (Å²) >= 11 is 0. The number of halogens is 1. The van der Waals surface area contributed by atoms with Gasteiger partial charge in [0.15, 0.2) is 0 Å². The predicted molar refractivity (Wildman–Crippen MR) is 35.9 cm³/mol. The first-order valence-corrected chi connectivity index (χ1v) is 2.59. The molecule has 0 aromatic carbocycles. The zero-order valence-corrected chi connectivity index (χ0v) is 5.61. The summed E-state index contributed by atoms with van der Waals surface area (Å²) in [6, 6.07) is 0. The van der Waals surface area contributed by atoms with E-state index in [1.54, 1.807) is 6.92 Å².